The standard InChI is InChI=1S/C18H26N4O2S/c1-4-19-18(20-12-13-21-25(3,23)24)22-14(2)16-11-7-9-15-8-5-6-10-17(15)16/h5-11,14,21H,4,12-13H2,1-3H3,(H2,19,20,22). The number of hydrogen-bond donors (Lipinski definition) is 3. The maximum absolute atomic E-state index is 11.1. The first kappa shape index (κ1) is 19.2. The summed E-state index contributed by atoms with van der Waals surface area (Å²) in [6, 6.07) is 14.6. The summed E-state index contributed by atoms with van der Waals surface area (Å²) in [6.45, 7) is 5.45. The molecule has 3 N–H and O–H groups in total. The van der Waals surface area contributed by atoms with E-state index in [0.29, 0.717) is 12.5 Å². The number of nitrogens with zero attached hydrogens (tertiary/aromatic N) is 1. The lowest BCUT2D eigenvalue weighted by molar-refractivity contribution is 0.588. The largest absolute Gasteiger partial charge is 0.357 e. The van der Waals surface area contributed by atoms with Gasteiger partial charge in [-0.3, -0.25) is 4.99 Å². The van der Waals surface area contributed by atoms with Crippen molar-refractivity contribution in [1.29, 1.82) is 0 Å². The highest BCUT2D eigenvalue weighted by Crippen LogP contribution is 2.23. The zero-order chi connectivity index (χ0) is 18.3. The molecule has 0 amide bonds. The molecule has 2 aromatic rings. The van der Waals surface area contributed by atoms with Gasteiger partial charge >= 0.3 is 0 Å². The molecule has 0 aliphatic carbocycles. The summed E-state index contributed by atoms with van der Waals surface area (Å²) in [7, 11) is -3.18. The number of guanidine groups is 1. The molecule has 0 aliphatic heterocycles. The van der Waals surface area contributed by atoms with E-state index in [9.17, 15) is 8.42 Å². The van der Waals surface area contributed by atoms with Crippen LogP contribution in [0.15, 0.2) is 47.5 Å². The van der Waals surface area contributed by atoms with Gasteiger partial charge in [0.15, 0.2) is 5.96 Å². The predicted octanol–water partition coefficient (Wildman–Crippen LogP) is 2.01. The van der Waals surface area contributed by atoms with Crippen LogP contribution in [0.4, 0.5) is 0 Å². The van der Waals surface area contributed by atoms with Gasteiger partial charge in [-0.15, -0.1) is 0 Å². The minimum Gasteiger partial charge on any atom is -0.357 e. The van der Waals surface area contributed by atoms with Gasteiger partial charge in [0.05, 0.1) is 18.8 Å². The molecule has 25 heavy (non-hydrogen) atoms. The predicted molar refractivity (Wildman–Crippen MR) is 104 cm³/mol. The van der Waals surface area contributed by atoms with Crippen molar-refractivity contribution in [3.05, 3.63) is 48.0 Å². The molecule has 6 nitrogen and oxygen atoms in total. The van der Waals surface area contributed by atoms with Crippen molar-refractivity contribution in [3.8, 4) is 0 Å². The van der Waals surface area contributed by atoms with Gasteiger partial charge in [0.25, 0.3) is 0 Å². The Labute approximate surface area is 149 Å². The molecular formula is C18H26N4O2S. The molecule has 0 saturated heterocycles. The lowest BCUT2D eigenvalue weighted by atomic mass is 10.00. The molecule has 136 valence electrons. The van der Waals surface area contributed by atoms with Crippen molar-refractivity contribution in [3.63, 3.8) is 0 Å². The molecule has 0 aliphatic rings. The van der Waals surface area contributed by atoms with Gasteiger partial charge in [-0.1, -0.05) is 42.5 Å². The van der Waals surface area contributed by atoms with E-state index in [0.717, 1.165) is 12.8 Å². The average molecular weight is 362 g/mol. The summed E-state index contributed by atoms with van der Waals surface area (Å²) < 4.78 is 24.6. The second-order valence-corrected chi connectivity index (χ2v) is 7.69. The van der Waals surface area contributed by atoms with Crippen molar-refractivity contribution < 1.29 is 8.42 Å². The monoisotopic (exact) mass is 362 g/mol. The minimum absolute atomic E-state index is 0.0618. The summed E-state index contributed by atoms with van der Waals surface area (Å²) in [6.07, 6.45) is 1.14. The molecule has 0 heterocycles. The molecular weight excluding hydrogens is 336 g/mol. The van der Waals surface area contributed by atoms with Gasteiger partial charge in [0.2, 0.25) is 10.0 Å². The smallest absolute Gasteiger partial charge is 0.208 e. The minimum atomic E-state index is -3.18. The van der Waals surface area contributed by atoms with Crippen LogP contribution in [0, 0.1) is 0 Å². The van der Waals surface area contributed by atoms with E-state index in [2.05, 4.69) is 57.6 Å². The highest BCUT2D eigenvalue weighted by Gasteiger charge is 2.10. The number of benzene rings is 2. The van der Waals surface area contributed by atoms with Crippen LogP contribution in [0.3, 0.4) is 0 Å². The Morgan fingerprint density at radius 2 is 1.88 bits per heavy atom. The number of hydrogen-bond acceptors (Lipinski definition) is 3. The highest BCUT2D eigenvalue weighted by molar-refractivity contribution is 7.88. The van der Waals surface area contributed by atoms with Gasteiger partial charge in [0, 0.05) is 13.1 Å². The first-order chi connectivity index (χ1) is 11.9. The van der Waals surface area contributed by atoms with Crippen LogP contribution in [0.25, 0.3) is 10.8 Å². The van der Waals surface area contributed by atoms with E-state index >= 15 is 0 Å². The Bertz CT molecular complexity index is 829. The van der Waals surface area contributed by atoms with Crippen LogP contribution in [0.5, 0.6) is 0 Å². The lowest BCUT2D eigenvalue weighted by Crippen LogP contribution is -2.39. The number of fused-ring (bicyclic) bond motifs is 1. The Kier molecular flexibility index (Phi) is 6.78. The summed E-state index contributed by atoms with van der Waals surface area (Å²) in [5.74, 6) is 0.665. The average Bonchev–Trinajstić information content (AvgIpc) is 2.57. The Hall–Kier alpha value is -2.12. The van der Waals surface area contributed by atoms with Gasteiger partial charge in [0.1, 0.15) is 0 Å². The zero-order valence-electron chi connectivity index (χ0n) is 14.9. The molecule has 0 radical (unpaired) electrons. The van der Waals surface area contributed by atoms with E-state index < -0.39 is 10.0 Å². The second kappa shape index (κ2) is 8.82. The Morgan fingerprint density at radius 1 is 1.16 bits per heavy atom. The van der Waals surface area contributed by atoms with Crippen LogP contribution in [0.2, 0.25) is 0 Å². The lowest BCUT2D eigenvalue weighted by Gasteiger charge is -2.19. The molecule has 0 fully saturated rings. The highest BCUT2D eigenvalue weighted by atomic mass is 32.2. The molecule has 2 aromatic carbocycles. The molecule has 1 unspecified atom stereocenters. The topological polar surface area (TPSA) is 82.6 Å². The molecule has 0 bridgehead atoms. The molecule has 0 saturated carbocycles. The van der Waals surface area contributed by atoms with Crippen LogP contribution in [0.1, 0.15) is 25.5 Å². The van der Waals surface area contributed by atoms with Gasteiger partial charge in [-0.05, 0) is 30.2 Å². The third kappa shape index (κ3) is 6.03. The summed E-state index contributed by atoms with van der Waals surface area (Å²) in [4.78, 5) is 4.43. The van der Waals surface area contributed by atoms with Crippen molar-refractivity contribution in [2.45, 2.75) is 19.9 Å². The first-order valence-corrected chi connectivity index (χ1v) is 10.3. The molecule has 7 heteroatoms. The fraction of sp³-hybridized carbons (Fsp3) is 0.389. The molecule has 0 spiro atoms. The van der Waals surface area contributed by atoms with Crippen LogP contribution in [-0.2, 0) is 10.0 Å². The van der Waals surface area contributed by atoms with Gasteiger partial charge in [-0.2, -0.15) is 0 Å². The number of aliphatic imine (C=N–C) groups is 1. The van der Waals surface area contributed by atoms with Crippen molar-refractivity contribution in [2.75, 3.05) is 25.9 Å². The van der Waals surface area contributed by atoms with Gasteiger partial charge < -0.3 is 10.6 Å². The maximum atomic E-state index is 11.1. The number of nitrogens with one attached hydrogen (secondary N) is 3. The Balaban J connectivity index is 2.09. The SMILES string of the molecule is CCNC(=NCCNS(C)(=O)=O)NC(C)c1cccc2ccccc12. The van der Waals surface area contributed by atoms with E-state index in [1.165, 1.54) is 16.3 Å². The van der Waals surface area contributed by atoms with E-state index in [1.54, 1.807) is 0 Å². The first-order valence-electron chi connectivity index (χ1n) is 8.38. The van der Waals surface area contributed by atoms with Crippen molar-refractivity contribution in [1.82, 2.24) is 15.4 Å². The van der Waals surface area contributed by atoms with Crippen LogP contribution >= 0.6 is 0 Å². The van der Waals surface area contributed by atoms with E-state index in [4.69, 9.17) is 0 Å². The number of sulfonamides is 1. The molecule has 0 aromatic heterocycles. The molecule has 1 atom stereocenters. The van der Waals surface area contributed by atoms with Crippen LogP contribution < -0.4 is 15.4 Å². The third-order valence-corrected chi connectivity index (χ3v) is 4.46. The van der Waals surface area contributed by atoms with Gasteiger partial charge in [-0.25, -0.2) is 13.1 Å². The quantitative estimate of drug-likeness (QED) is 0.400. The Morgan fingerprint density at radius 3 is 2.60 bits per heavy atom. The van der Waals surface area contributed by atoms with Crippen LogP contribution in [-0.4, -0.2) is 40.3 Å². The van der Waals surface area contributed by atoms with E-state index in [1.807, 2.05) is 19.1 Å². The fourth-order valence-corrected chi connectivity index (χ4v) is 3.09. The van der Waals surface area contributed by atoms with Crippen molar-refractivity contribution >= 4 is 26.8 Å². The molecule has 2 rings (SSSR count). The number of rotatable bonds is 7. The van der Waals surface area contributed by atoms with E-state index in [-0.39, 0.29) is 12.6 Å². The zero-order valence-corrected chi connectivity index (χ0v) is 15.7. The summed E-state index contributed by atoms with van der Waals surface area (Å²) >= 11 is 0. The fourth-order valence-electron chi connectivity index (χ4n) is 2.63. The second-order valence-electron chi connectivity index (χ2n) is 5.86. The maximum Gasteiger partial charge on any atom is 0.208 e. The van der Waals surface area contributed by atoms with Crippen molar-refractivity contribution in [2.24, 2.45) is 4.99 Å². The summed E-state index contributed by atoms with van der Waals surface area (Å²) in [5.41, 5.74) is 1.19. The third-order valence-electron chi connectivity index (χ3n) is 3.73. The summed E-state index contributed by atoms with van der Waals surface area (Å²) in [5, 5.41) is 8.99. The normalized spacial score (nSPS) is 13.6.